The predicted octanol–water partition coefficient (Wildman–Crippen LogP) is 1.39. The number of likely N-dealkylation sites (N-methyl/N-ethyl adjacent to an activating group) is 1. The summed E-state index contributed by atoms with van der Waals surface area (Å²) in [6, 6.07) is 0.420. The van der Waals surface area contributed by atoms with Crippen LogP contribution in [0.4, 0.5) is 0 Å². The van der Waals surface area contributed by atoms with Gasteiger partial charge in [0.1, 0.15) is 10.0 Å². The molecule has 0 aliphatic heterocycles. The molecular weight excluding hydrogens is 300 g/mol. The van der Waals surface area contributed by atoms with Gasteiger partial charge in [-0.15, -0.1) is 0 Å². The minimum atomic E-state index is -3.62. The number of aryl methyl sites for hydroxylation is 2. The Bertz CT molecular complexity index is 556. The first-order valence-electron chi connectivity index (χ1n) is 6.59. The fourth-order valence-corrected chi connectivity index (χ4v) is 3.64. The summed E-state index contributed by atoms with van der Waals surface area (Å²) in [4.78, 5) is 2.17. The van der Waals surface area contributed by atoms with Crippen LogP contribution in [0.3, 0.4) is 0 Å². The first kappa shape index (κ1) is 17.4. The van der Waals surface area contributed by atoms with Crippen LogP contribution in [-0.2, 0) is 17.1 Å². The fraction of sp³-hybridized carbons (Fsp3) is 0.750. The standard InChI is InChI=1S/C12H23ClN4O2S/c1-6-9(2)16(4)8-7-14-20(18,19)11-10(3)15-17(5)12(11)13/h9,14H,6-8H2,1-5H3/t9-/m0/s1. The van der Waals surface area contributed by atoms with Gasteiger partial charge in [0, 0.05) is 26.2 Å². The number of rotatable bonds is 7. The van der Waals surface area contributed by atoms with E-state index in [2.05, 4.69) is 28.6 Å². The van der Waals surface area contributed by atoms with Crippen LogP contribution in [0.15, 0.2) is 4.90 Å². The second kappa shape index (κ2) is 6.89. The molecule has 116 valence electrons. The number of sulfonamides is 1. The van der Waals surface area contributed by atoms with Gasteiger partial charge in [0.2, 0.25) is 10.0 Å². The summed E-state index contributed by atoms with van der Waals surface area (Å²) < 4.78 is 28.4. The van der Waals surface area contributed by atoms with Gasteiger partial charge in [0.05, 0.1) is 5.69 Å². The van der Waals surface area contributed by atoms with E-state index in [0.717, 1.165) is 6.42 Å². The third-order valence-electron chi connectivity index (χ3n) is 3.47. The van der Waals surface area contributed by atoms with Crippen LogP contribution in [-0.4, -0.2) is 49.3 Å². The lowest BCUT2D eigenvalue weighted by Gasteiger charge is -2.23. The Morgan fingerprint density at radius 1 is 1.50 bits per heavy atom. The first-order chi connectivity index (χ1) is 9.20. The Morgan fingerprint density at radius 3 is 2.55 bits per heavy atom. The van der Waals surface area contributed by atoms with Crippen molar-refractivity contribution in [2.45, 2.75) is 38.1 Å². The molecule has 0 spiro atoms. The van der Waals surface area contributed by atoms with Crippen molar-refractivity contribution in [2.75, 3.05) is 20.1 Å². The average molecular weight is 323 g/mol. The molecule has 1 rings (SSSR count). The van der Waals surface area contributed by atoms with Crippen molar-refractivity contribution in [3.05, 3.63) is 10.8 Å². The van der Waals surface area contributed by atoms with Crippen LogP contribution in [0.25, 0.3) is 0 Å². The second-order valence-electron chi connectivity index (χ2n) is 4.96. The van der Waals surface area contributed by atoms with Gasteiger partial charge in [-0.3, -0.25) is 4.68 Å². The normalized spacial score (nSPS) is 13.9. The Morgan fingerprint density at radius 2 is 2.10 bits per heavy atom. The number of nitrogens with one attached hydrogen (secondary N) is 1. The molecule has 0 aliphatic carbocycles. The lowest BCUT2D eigenvalue weighted by molar-refractivity contribution is 0.256. The summed E-state index contributed by atoms with van der Waals surface area (Å²) in [6.07, 6.45) is 1.02. The highest BCUT2D eigenvalue weighted by molar-refractivity contribution is 7.89. The van der Waals surface area contributed by atoms with Crippen LogP contribution in [0, 0.1) is 6.92 Å². The molecule has 0 aliphatic rings. The minimum Gasteiger partial charge on any atom is -0.302 e. The van der Waals surface area contributed by atoms with Crippen LogP contribution >= 0.6 is 11.6 Å². The molecule has 6 nitrogen and oxygen atoms in total. The lowest BCUT2D eigenvalue weighted by Crippen LogP contribution is -2.37. The molecule has 1 aromatic rings. The fourth-order valence-electron chi connectivity index (χ4n) is 1.88. The molecule has 0 fully saturated rings. The van der Waals surface area contributed by atoms with E-state index in [9.17, 15) is 8.42 Å². The molecule has 20 heavy (non-hydrogen) atoms. The minimum absolute atomic E-state index is 0.0628. The first-order valence-corrected chi connectivity index (χ1v) is 8.45. The van der Waals surface area contributed by atoms with Gasteiger partial charge in [-0.05, 0) is 27.3 Å². The van der Waals surface area contributed by atoms with Crippen LogP contribution in [0.5, 0.6) is 0 Å². The van der Waals surface area contributed by atoms with E-state index in [1.807, 2.05) is 7.05 Å². The van der Waals surface area contributed by atoms with Crippen LogP contribution < -0.4 is 4.72 Å². The molecule has 1 atom stereocenters. The Labute approximate surface area is 126 Å². The molecule has 0 saturated heterocycles. The quantitative estimate of drug-likeness (QED) is 0.824. The summed E-state index contributed by atoms with van der Waals surface area (Å²) in [5.41, 5.74) is 0.403. The highest BCUT2D eigenvalue weighted by Gasteiger charge is 2.24. The van der Waals surface area contributed by atoms with E-state index >= 15 is 0 Å². The summed E-state index contributed by atoms with van der Waals surface area (Å²) >= 11 is 5.98. The molecule has 1 N–H and O–H groups in total. The van der Waals surface area contributed by atoms with E-state index < -0.39 is 10.0 Å². The molecule has 0 saturated carbocycles. The highest BCUT2D eigenvalue weighted by Crippen LogP contribution is 2.23. The Kier molecular flexibility index (Phi) is 6.00. The number of nitrogens with zero attached hydrogens (tertiary/aromatic N) is 3. The largest absolute Gasteiger partial charge is 0.302 e. The zero-order valence-corrected chi connectivity index (χ0v) is 14.2. The lowest BCUT2D eigenvalue weighted by atomic mass is 10.2. The smallest absolute Gasteiger partial charge is 0.245 e. The zero-order chi connectivity index (χ0) is 15.5. The maximum atomic E-state index is 12.2. The van der Waals surface area contributed by atoms with Crippen molar-refractivity contribution < 1.29 is 8.42 Å². The maximum absolute atomic E-state index is 12.2. The molecule has 0 amide bonds. The summed E-state index contributed by atoms with van der Waals surface area (Å²) in [6.45, 7) is 6.82. The number of hydrogen-bond acceptors (Lipinski definition) is 4. The molecule has 0 radical (unpaired) electrons. The molecule has 0 unspecified atom stereocenters. The SMILES string of the molecule is CC[C@H](C)N(C)CCNS(=O)(=O)c1c(C)nn(C)c1Cl. The topological polar surface area (TPSA) is 67.2 Å². The number of hydrogen-bond donors (Lipinski definition) is 1. The van der Waals surface area contributed by atoms with Gasteiger partial charge in [0.25, 0.3) is 0 Å². The van der Waals surface area contributed by atoms with Gasteiger partial charge >= 0.3 is 0 Å². The van der Waals surface area contributed by atoms with E-state index in [1.54, 1.807) is 14.0 Å². The van der Waals surface area contributed by atoms with E-state index in [4.69, 9.17) is 11.6 Å². The molecule has 1 heterocycles. The number of aromatic nitrogens is 2. The second-order valence-corrected chi connectivity index (χ2v) is 7.03. The molecule has 0 bridgehead atoms. The maximum Gasteiger partial charge on any atom is 0.245 e. The zero-order valence-electron chi connectivity index (χ0n) is 12.6. The molecule has 0 aromatic carbocycles. The third-order valence-corrected chi connectivity index (χ3v) is 5.62. The predicted molar refractivity (Wildman–Crippen MR) is 80.5 cm³/mol. The van der Waals surface area contributed by atoms with Crippen molar-refractivity contribution in [2.24, 2.45) is 7.05 Å². The summed E-state index contributed by atoms with van der Waals surface area (Å²) in [5.74, 6) is 0. The van der Waals surface area contributed by atoms with Crippen molar-refractivity contribution in [1.29, 1.82) is 0 Å². The van der Waals surface area contributed by atoms with Gasteiger partial charge in [-0.1, -0.05) is 18.5 Å². The van der Waals surface area contributed by atoms with Gasteiger partial charge in [-0.2, -0.15) is 5.10 Å². The highest BCUT2D eigenvalue weighted by atomic mass is 35.5. The van der Waals surface area contributed by atoms with Crippen molar-refractivity contribution in [1.82, 2.24) is 19.4 Å². The summed E-state index contributed by atoms with van der Waals surface area (Å²) in [5, 5.41) is 4.15. The van der Waals surface area contributed by atoms with Crippen molar-refractivity contribution in [3.8, 4) is 0 Å². The van der Waals surface area contributed by atoms with Gasteiger partial charge in [0.15, 0.2) is 0 Å². The number of halogens is 1. The van der Waals surface area contributed by atoms with Crippen LogP contribution in [0.2, 0.25) is 5.15 Å². The third kappa shape index (κ3) is 3.94. The molecular formula is C12H23ClN4O2S. The summed E-state index contributed by atoms with van der Waals surface area (Å²) in [7, 11) is -0.0277. The van der Waals surface area contributed by atoms with Crippen molar-refractivity contribution >= 4 is 21.6 Å². The van der Waals surface area contributed by atoms with Gasteiger partial charge < -0.3 is 4.90 Å². The molecule has 8 heteroatoms. The van der Waals surface area contributed by atoms with Crippen LogP contribution in [0.1, 0.15) is 26.0 Å². The molecule has 1 aromatic heterocycles. The van der Waals surface area contributed by atoms with E-state index in [-0.39, 0.29) is 10.0 Å². The Balaban J connectivity index is 2.72. The average Bonchev–Trinajstić information content (AvgIpc) is 2.62. The van der Waals surface area contributed by atoms with Crippen molar-refractivity contribution in [3.63, 3.8) is 0 Å². The monoisotopic (exact) mass is 322 g/mol. The Hall–Kier alpha value is -0.630. The van der Waals surface area contributed by atoms with E-state index in [0.29, 0.717) is 24.8 Å². The van der Waals surface area contributed by atoms with E-state index in [1.165, 1.54) is 4.68 Å². The van der Waals surface area contributed by atoms with Gasteiger partial charge in [-0.25, -0.2) is 13.1 Å².